The van der Waals surface area contributed by atoms with Gasteiger partial charge in [-0.1, -0.05) is 17.3 Å². The number of hydrogen-bond donors (Lipinski definition) is 1. The Kier molecular flexibility index (Phi) is 4.60. The van der Waals surface area contributed by atoms with Gasteiger partial charge in [0.05, 0.1) is 17.1 Å². The number of anilines is 1. The monoisotopic (exact) mass is 382 g/mol. The number of aromatic nitrogens is 2. The van der Waals surface area contributed by atoms with Crippen LogP contribution in [0.2, 0.25) is 0 Å². The van der Waals surface area contributed by atoms with Crippen LogP contribution in [0.25, 0.3) is 5.69 Å². The first-order valence-electron chi connectivity index (χ1n) is 8.62. The Bertz CT molecular complexity index is 1060. The minimum atomic E-state index is -0.838. The van der Waals surface area contributed by atoms with Gasteiger partial charge in [-0.2, -0.15) is 5.10 Å². The maximum absolute atomic E-state index is 13.4. The second kappa shape index (κ2) is 7.22. The van der Waals surface area contributed by atoms with Gasteiger partial charge < -0.3 is 10.2 Å². The van der Waals surface area contributed by atoms with Gasteiger partial charge in [0.15, 0.2) is 0 Å². The first kappa shape index (κ1) is 17.8. The third kappa shape index (κ3) is 3.62. The quantitative estimate of drug-likeness (QED) is 0.750. The number of nitrogens with zero attached hydrogens (tertiary/aromatic N) is 3. The molecule has 8 heteroatoms. The van der Waals surface area contributed by atoms with E-state index in [1.165, 1.54) is 28.9 Å². The first-order valence-corrected chi connectivity index (χ1v) is 8.62. The van der Waals surface area contributed by atoms with Crippen LogP contribution >= 0.6 is 0 Å². The molecule has 2 heterocycles. The molecule has 0 bridgehead atoms. The van der Waals surface area contributed by atoms with Crippen LogP contribution in [0.4, 0.5) is 14.6 Å². The molecule has 1 unspecified atom stereocenters. The van der Waals surface area contributed by atoms with Gasteiger partial charge in [0.1, 0.15) is 17.5 Å². The summed E-state index contributed by atoms with van der Waals surface area (Å²) in [7, 11) is 0. The highest BCUT2D eigenvalue weighted by Gasteiger charge is 2.30. The molecule has 1 aliphatic heterocycles. The predicted octanol–water partition coefficient (Wildman–Crippen LogP) is 3.59. The summed E-state index contributed by atoms with van der Waals surface area (Å²) in [4.78, 5) is 17.9. The van der Waals surface area contributed by atoms with Crippen molar-refractivity contribution >= 4 is 17.4 Å². The lowest BCUT2D eigenvalue weighted by Gasteiger charge is -2.11. The minimum absolute atomic E-state index is 0.221. The fourth-order valence-electron chi connectivity index (χ4n) is 2.93. The number of halogens is 2. The normalized spacial score (nSPS) is 15.8. The van der Waals surface area contributed by atoms with Crippen molar-refractivity contribution in [1.29, 1.82) is 0 Å². The summed E-state index contributed by atoms with van der Waals surface area (Å²) in [5, 5.41) is 11.0. The summed E-state index contributed by atoms with van der Waals surface area (Å²) < 4.78 is 28.1. The zero-order valence-corrected chi connectivity index (χ0v) is 14.9. The molecule has 6 nitrogen and oxygen atoms in total. The molecule has 0 radical (unpaired) electrons. The van der Waals surface area contributed by atoms with E-state index in [4.69, 9.17) is 4.84 Å². The van der Waals surface area contributed by atoms with E-state index in [2.05, 4.69) is 15.6 Å². The lowest BCUT2D eigenvalue weighted by atomic mass is 10.0. The molecule has 1 aliphatic rings. The average molecular weight is 382 g/mol. The highest BCUT2D eigenvalue weighted by atomic mass is 19.1. The molecule has 28 heavy (non-hydrogen) atoms. The summed E-state index contributed by atoms with van der Waals surface area (Å²) in [6.45, 7) is 1.78. The number of aryl methyl sites for hydroxylation is 1. The van der Waals surface area contributed by atoms with E-state index in [0.717, 1.165) is 0 Å². The van der Waals surface area contributed by atoms with Gasteiger partial charge in [0, 0.05) is 18.1 Å². The number of carbonyl (C=O) groups is 1. The molecular weight excluding hydrogens is 366 g/mol. The van der Waals surface area contributed by atoms with Crippen LogP contribution in [0.15, 0.2) is 59.8 Å². The second-order valence-electron chi connectivity index (χ2n) is 6.39. The number of rotatable bonds is 4. The van der Waals surface area contributed by atoms with Gasteiger partial charge in [-0.05, 0) is 43.3 Å². The van der Waals surface area contributed by atoms with Crippen molar-refractivity contribution in [2.45, 2.75) is 19.4 Å². The lowest BCUT2D eigenvalue weighted by Crippen LogP contribution is -2.29. The fourth-order valence-corrected chi connectivity index (χ4v) is 2.93. The molecule has 1 atom stereocenters. The van der Waals surface area contributed by atoms with Crippen LogP contribution in [-0.2, 0) is 9.63 Å². The van der Waals surface area contributed by atoms with E-state index >= 15 is 0 Å². The average Bonchev–Trinajstić information content (AvgIpc) is 3.30. The maximum Gasteiger partial charge on any atom is 0.269 e. The molecule has 0 saturated heterocycles. The van der Waals surface area contributed by atoms with Crippen LogP contribution < -0.4 is 5.32 Å². The third-order valence-electron chi connectivity index (χ3n) is 4.27. The summed E-state index contributed by atoms with van der Waals surface area (Å²) in [6, 6.07) is 13.4. The van der Waals surface area contributed by atoms with Crippen LogP contribution in [0, 0.1) is 18.6 Å². The molecular formula is C20H16F2N4O2. The summed E-state index contributed by atoms with van der Waals surface area (Å²) in [5.74, 6) is -0.721. The zero-order chi connectivity index (χ0) is 19.7. The highest BCUT2D eigenvalue weighted by Crippen LogP contribution is 2.21. The van der Waals surface area contributed by atoms with Crippen molar-refractivity contribution < 1.29 is 18.4 Å². The Morgan fingerprint density at radius 3 is 2.68 bits per heavy atom. The maximum atomic E-state index is 13.4. The molecule has 1 N–H and O–H groups in total. The van der Waals surface area contributed by atoms with E-state index in [9.17, 15) is 13.6 Å². The van der Waals surface area contributed by atoms with E-state index in [0.29, 0.717) is 28.5 Å². The molecule has 1 amide bonds. The van der Waals surface area contributed by atoms with E-state index < -0.39 is 12.0 Å². The van der Waals surface area contributed by atoms with Gasteiger partial charge >= 0.3 is 0 Å². The van der Waals surface area contributed by atoms with Gasteiger partial charge in [0.25, 0.3) is 5.91 Å². The Morgan fingerprint density at radius 2 is 1.93 bits per heavy atom. The Morgan fingerprint density at radius 1 is 1.14 bits per heavy atom. The van der Waals surface area contributed by atoms with E-state index in [1.54, 1.807) is 37.3 Å². The van der Waals surface area contributed by atoms with Gasteiger partial charge in [-0.25, -0.2) is 13.5 Å². The van der Waals surface area contributed by atoms with Crippen molar-refractivity contribution in [2.24, 2.45) is 5.16 Å². The smallest absolute Gasteiger partial charge is 0.269 e. The molecule has 142 valence electrons. The van der Waals surface area contributed by atoms with Gasteiger partial charge in [-0.15, -0.1) is 0 Å². The van der Waals surface area contributed by atoms with E-state index in [1.807, 2.05) is 0 Å². The minimum Gasteiger partial charge on any atom is -0.382 e. The summed E-state index contributed by atoms with van der Waals surface area (Å²) in [5.41, 5.74) is 2.36. The molecule has 0 fully saturated rings. The number of oxime groups is 1. The van der Waals surface area contributed by atoms with Gasteiger partial charge in [-0.3, -0.25) is 4.79 Å². The SMILES string of the molecule is Cc1cc(NC(=O)C2CC(c3cccc(F)c3)=NO2)n(-c2ccc(F)cc2)n1. The molecule has 4 rings (SSSR count). The molecule has 1 aromatic heterocycles. The summed E-state index contributed by atoms with van der Waals surface area (Å²) in [6.07, 6.45) is -0.617. The Labute approximate surface area is 159 Å². The zero-order valence-electron chi connectivity index (χ0n) is 14.9. The Hall–Kier alpha value is -3.55. The largest absolute Gasteiger partial charge is 0.382 e. The van der Waals surface area contributed by atoms with Crippen LogP contribution in [0.1, 0.15) is 17.7 Å². The van der Waals surface area contributed by atoms with Crippen LogP contribution in [0.5, 0.6) is 0 Å². The molecule has 2 aromatic carbocycles. The highest BCUT2D eigenvalue weighted by molar-refractivity contribution is 6.06. The molecule has 0 saturated carbocycles. The number of benzene rings is 2. The first-order chi connectivity index (χ1) is 13.5. The van der Waals surface area contributed by atoms with Crippen molar-refractivity contribution in [3.63, 3.8) is 0 Å². The van der Waals surface area contributed by atoms with Gasteiger partial charge in [0.2, 0.25) is 6.10 Å². The lowest BCUT2D eigenvalue weighted by molar-refractivity contribution is -0.125. The number of hydrogen-bond acceptors (Lipinski definition) is 4. The predicted molar refractivity (Wildman–Crippen MR) is 99.3 cm³/mol. The number of amides is 1. The third-order valence-corrected chi connectivity index (χ3v) is 4.27. The van der Waals surface area contributed by atoms with Crippen LogP contribution in [-0.4, -0.2) is 27.5 Å². The second-order valence-corrected chi connectivity index (χ2v) is 6.39. The molecule has 3 aromatic rings. The van der Waals surface area contributed by atoms with Crippen LogP contribution in [0.3, 0.4) is 0 Å². The topological polar surface area (TPSA) is 68.5 Å². The fraction of sp³-hybridized carbons (Fsp3) is 0.150. The Balaban J connectivity index is 1.49. The standard InChI is InChI=1S/C20H16F2N4O2/c1-12-9-19(26(24-12)16-7-5-14(21)6-8-16)23-20(27)18-11-17(25-28-18)13-3-2-4-15(22)10-13/h2-10,18H,11H2,1H3,(H,23,27). The summed E-state index contributed by atoms with van der Waals surface area (Å²) >= 11 is 0. The van der Waals surface area contributed by atoms with Crippen molar-refractivity contribution in [3.05, 3.63) is 77.5 Å². The van der Waals surface area contributed by atoms with E-state index in [-0.39, 0.29) is 18.1 Å². The number of carbonyl (C=O) groups excluding carboxylic acids is 1. The van der Waals surface area contributed by atoms with Crippen molar-refractivity contribution in [2.75, 3.05) is 5.32 Å². The molecule has 0 aliphatic carbocycles. The molecule has 0 spiro atoms. The van der Waals surface area contributed by atoms with Crippen molar-refractivity contribution in [1.82, 2.24) is 9.78 Å². The van der Waals surface area contributed by atoms with Crippen molar-refractivity contribution in [3.8, 4) is 5.69 Å². The number of nitrogens with one attached hydrogen (secondary N) is 1.